The maximum atomic E-state index is 12.2. The molecule has 0 aliphatic heterocycles. The van der Waals surface area contributed by atoms with E-state index in [1.54, 1.807) is 18.3 Å². The average Bonchev–Trinajstić information content (AvgIpc) is 2.67. The van der Waals surface area contributed by atoms with E-state index in [0.717, 1.165) is 15.6 Å². The monoisotopic (exact) mass is 273 g/mol. The zero-order valence-electron chi connectivity index (χ0n) is 9.92. The molecule has 1 nitrogen and oxygen atoms in total. The van der Waals surface area contributed by atoms with Gasteiger partial charge in [-0.3, -0.25) is 0 Å². The number of fused-ring (bicyclic) bond motifs is 1. The van der Waals surface area contributed by atoms with E-state index in [1.165, 1.54) is 0 Å². The first-order chi connectivity index (χ1) is 8.46. The van der Waals surface area contributed by atoms with Gasteiger partial charge < -0.3 is 5.32 Å². The first-order valence-electron chi connectivity index (χ1n) is 5.71. The summed E-state index contributed by atoms with van der Waals surface area (Å²) in [4.78, 5) is 0. The van der Waals surface area contributed by atoms with Crippen molar-refractivity contribution >= 4 is 21.4 Å². The zero-order chi connectivity index (χ0) is 13.2. The van der Waals surface area contributed by atoms with Crippen LogP contribution in [-0.4, -0.2) is 12.2 Å². The van der Waals surface area contributed by atoms with Gasteiger partial charge in [-0.15, -0.1) is 11.3 Å². The van der Waals surface area contributed by atoms with E-state index < -0.39 is 18.6 Å². The summed E-state index contributed by atoms with van der Waals surface area (Å²) in [5, 5.41) is 6.04. The van der Waals surface area contributed by atoms with E-state index in [9.17, 15) is 13.2 Å². The van der Waals surface area contributed by atoms with Gasteiger partial charge in [0, 0.05) is 17.3 Å². The van der Waals surface area contributed by atoms with Crippen molar-refractivity contribution in [2.45, 2.75) is 32.1 Å². The highest BCUT2D eigenvalue weighted by molar-refractivity contribution is 7.17. The Morgan fingerprint density at radius 1 is 1.28 bits per heavy atom. The maximum absolute atomic E-state index is 12.2. The SMILES string of the molecule is CC(CC(F)(F)F)NCc1csc2ccccc12. The second-order valence-corrected chi connectivity index (χ2v) is 5.27. The molecule has 0 aliphatic carbocycles. The van der Waals surface area contributed by atoms with E-state index in [0.29, 0.717) is 6.54 Å². The normalized spacial score (nSPS) is 14.0. The Morgan fingerprint density at radius 2 is 2.00 bits per heavy atom. The lowest BCUT2D eigenvalue weighted by Crippen LogP contribution is -2.30. The fourth-order valence-corrected chi connectivity index (χ4v) is 2.84. The highest BCUT2D eigenvalue weighted by Crippen LogP contribution is 2.26. The maximum Gasteiger partial charge on any atom is 0.390 e. The minimum absolute atomic E-state index is 0.473. The summed E-state index contributed by atoms with van der Waals surface area (Å²) in [6.45, 7) is 2.03. The van der Waals surface area contributed by atoms with Crippen LogP contribution >= 0.6 is 11.3 Å². The molecule has 0 saturated carbocycles. The summed E-state index contributed by atoms with van der Waals surface area (Å²) >= 11 is 1.62. The first kappa shape index (κ1) is 13.4. The Balaban J connectivity index is 1.98. The molecule has 0 amide bonds. The third-order valence-corrected chi connectivity index (χ3v) is 3.75. The summed E-state index contributed by atoms with van der Waals surface area (Å²) in [7, 11) is 0. The van der Waals surface area contributed by atoms with Crippen LogP contribution in [-0.2, 0) is 6.54 Å². The molecule has 98 valence electrons. The molecule has 1 heterocycles. The fraction of sp³-hybridized carbons (Fsp3) is 0.385. The second-order valence-electron chi connectivity index (χ2n) is 4.36. The standard InChI is InChI=1S/C13H14F3NS/c1-9(6-13(14,15)16)17-7-10-8-18-12-5-3-2-4-11(10)12/h2-5,8-9,17H,6-7H2,1H3. The summed E-state index contributed by atoms with van der Waals surface area (Å²) < 4.78 is 37.7. The van der Waals surface area contributed by atoms with Crippen LogP contribution in [0.4, 0.5) is 13.2 Å². The van der Waals surface area contributed by atoms with Gasteiger partial charge in [-0.1, -0.05) is 18.2 Å². The van der Waals surface area contributed by atoms with Crippen LogP contribution in [0, 0.1) is 0 Å². The molecule has 0 saturated heterocycles. The van der Waals surface area contributed by atoms with Crippen molar-refractivity contribution < 1.29 is 13.2 Å². The van der Waals surface area contributed by atoms with Crippen LogP contribution in [0.1, 0.15) is 18.9 Å². The lowest BCUT2D eigenvalue weighted by molar-refractivity contribution is -0.139. The summed E-state index contributed by atoms with van der Waals surface area (Å²) in [6.07, 6.45) is -4.90. The van der Waals surface area contributed by atoms with Gasteiger partial charge in [-0.2, -0.15) is 13.2 Å². The van der Waals surface area contributed by atoms with Crippen molar-refractivity contribution in [3.63, 3.8) is 0 Å². The molecule has 0 spiro atoms. The van der Waals surface area contributed by atoms with Crippen molar-refractivity contribution in [3.8, 4) is 0 Å². The lowest BCUT2D eigenvalue weighted by atomic mass is 10.1. The summed E-state index contributed by atoms with van der Waals surface area (Å²) in [5.41, 5.74) is 1.06. The quantitative estimate of drug-likeness (QED) is 0.874. The van der Waals surface area contributed by atoms with Crippen LogP contribution < -0.4 is 5.32 Å². The molecule has 2 rings (SSSR count). The van der Waals surface area contributed by atoms with Gasteiger partial charge in [0.1, 0.15) is 0 Å². The molecule has 18 heavy (non-hydrogen) atoms. The van der Waals surface area contributed by atoms with E-state index >= 15 is 0 Å². The van der Waals surface area contributed by atoms with Crippen LogP contribution in [0.5, 0.6) is 0 Å². The Labute approximate surface area is 108 Å². The zero-order valence-corrected chi connectivity index (χ0v) is 10.7. The van der Waals surface area contributed by atoms with Crippen LogP contribution in [0.25, 0.3) is 10.1 Å². The van der Waals surface area contributed by atoms with Gasteiger partial charge in [0.2, 0.25) is 0 Å². The van der Waals surface area contributed by atoms with Gasteiger partial charge >= 0.3 is 6.18 Å². The molecule has 1 aromatic heterocycles. The predicted molar refractivity (Wildman–Crippen MR) is 68.8 cm³/mol. The average molecular weight is 273 g/mol. The summed E-state index contributed by atoms with van der Waals surface area (Å²) in [6, 6.07) is 7.35. The number of alkyl halides is 3. The molecule has 0 radical (unpaired) electrons. The van der Waals surface area contributed by atoms with Crippen LogP contribution in [0.15, 0.2) is 29.6 Å². The van der Waals surface area contributed by atoms with Gasteiger partial charge in [0.15, 0.2) is 0 Å². The molecule has 1 aromatic carbocycles. The topological polar surface area (TPSA) is 12.0 Å². The van der Waals surface area contributed by atoms with Crippen molar-refractivity contribution in [2.75, 3.05) is 0 Å². The molecule has 0 fully saturated rings. The predicted octanol–water partition coefficient (Wildman–Crippen LogP) is 4.33. The number of thiophene rings is 1. The van der Waals surface area contributed by atoms with Crippen molar-refractivity contribution in [3.05, 3.63) is 35.2 Å². The smallest absolute Gasteiger partial charge is 0.310 e. The molecular weight excluding hydrogens is 259 g/mol. The van der Waals surface area contributed by atoms with Crippen LogP contribution in [0.2, 0.25) is 0 Å². The molecule has 0 aliphatic rings. The third kappa shape index (κ3) is 3.46. The molecule has 5 heteroatoms. The summed E-state index contributed by atoms with van der Waals surface area (Å²) in [5.74, 6) is 0. The number of hydrogen-bond donors (Lipinski definition) is 1. The lowest BCUT2D eigenvalue weighted by Gasteiger charge is -2.15. The Hall–Kier alpha value is -1.07. The molecule has 1 N–H and O–H groups in total. The largest absolute Gasteiger partial charge is 0.390 e. The molecule has 1 unspecified atom stereocenters. The van der Waals surface area contributed by atoms with E-state index in [2.05, 4.69) is 5.32 Å². The number of nitrogens with one attached hydrogen (secondary N) is 1. The molecule has 1 atom stereocenters. The minimum Gasteiger partial charge on any atom is -0.310 e. The minimum atomic E-state index is -4.11. The molecule has 2 aromatic rings. The van der Waals surface area contributed by atoms with Gasteiger partial charge in [0.05, 0.1) is 6.42 Å². The Morgan fingerprint density at radius 3 is 2.72 bits per heavy atom. The number of rotatable bonds is 4. The van der Waals surface area contributed by atoms with Gasteiger partial charge in [-0.05, 0) is 29.3 Å². The highest BCUT2D eigenvalue weighted by Gasteiger charge is 2.29. The van der Waals surface area contributed by atoms with Crippen LogP contribution in [0.3, 0.4) is 0 Å². The van der Waals surface area contributed by atoms with E-state index in [1.807, 2.05) is 29.6 Å². The van der Waals surface area contributed by atoms with E-state index in [4.69, 9.17) is 0 Å². The third-order valence-electron chi connectivity index (χ3n) is 2.74. The number of benzene rings is 1. The molecule has 0 bridgehead atoms. The fourth-order valence-electron chi connectivity index (χ4n) is 1.87. The van der Waals surface area contributed by atoms with Crippen molar-refractivity contribution in [1.82, 2.24) is 5.32 Å². The number of halogens is 3. The van der Waals surface area contributed by atoms with E-state index in [-0.39, 0.29) is 0 Å². The second kappa shape index (κ2) is 5.28. The van der Waals surface area contributed by atoms with Gasteiger partial charge in [0.25, 0.3) is 0 Å². The number of hydrogen-bond acceptors (Lipinski definition) is 2. The van der Waals surface area contributed by atoms with Crippen molar-refractivity contribution in [1.29, 1.82) is 0 Å². The molecular formula is C13H14F3NS. The van der Waals surface area contributed by atoms with Gasteiger partial charge in [-0.25, -0.2) is 0 Å². The van der Waals surface area contributed by atoms with Crippen molar-refractivity contribution in [2.24, 2.45) is 0 Å². The highest BCUT2D eigenvalue weighted by atomic mass is 32.1. The Bertz CT molecular complexity index is 518. The Kier molecular flexibility index (Phi) is 3.92. The first-order valence-corrected chi connectivity index (χ1v) is 6.59.